The number of amides is 1. The van der Waals surface area contributed by atoms with Gasteiger partial charge in [-0.2, -0.15) is 5.10 Å². The smallest absolute Gasteiger partial charge is 0.230 e. The minimum Gasteiger partial charge on any atom is -0.383 e. The molecule has 6 nitrogen and oxygen atoms in total. The molecule has 1 amide bonds. The van der Waals surface area contributed by atoms with Crippen molar-refractivity contribution in [3.05, 3.63) is 54.1 Å². The summed E-state index contributed by atoms with van der Waals surface area (Å²) in [4.78, 5) is 20.1. The van der Waals surface area contributed by atoms with E-state index in [4.69, 9.17) is 0 Å². The predicted molar refractivity (Wildman–Crippen MR) is 96.5 cm³/mol. The number of thioether (sulfide) groups is 1. The van der Waals surface area contributed by atoms with Gasteiger partial charge in [-0.3, -0.25) is 14.9 Å². The zero-order valence-electron chi connectivity index (χ0n) is 13.8. The van der Waals surface area contributed by atoms with Crippen LogP contribution >= 0.6 is 11.8 Å². The van der Waals surface area contributed by atoms with E-state index in [2.05, 4.69) is 15.2 Å². The van der Waals surface area contributed by atoms with Gasteiger partial charge >= 0.3 is 0 Å². The molecule has 0 aromatic carbocycles. The monoisotopic (exact) mass is 356 g/mol. The van der Waals surface area contributed by atoms with Gasteiger partial charge in [-0.25, -0.2) is 0 Å². The summed E-state index contributed by atoms with van der Waals surface area (Å²) >= 11 is 1.69. The number of hydrogen-bond donors (Lipinski definition) is 2. The van der Waals surface area contributed by atoms with Crippen LogP contribution in [0.4, 0.5) is 0 Å². The summed E-state index contributed by atoms with van der Waals surface area (Å²) in [5.41, 5.74) is 0.796. The highest BCUT2D eigenvalue weighted by Gasteiger charge is 2.38. The van der Waals surface area contributed by atoms with E-state index in [-0.39, 0.29) is 11.8 Å². The Kier molecular flexibility index (Phi) is 4.35. The van der Waals surface area contributed by atoms with Gasteiger partial charge in [0.1, 0.15) is 5.60 Å². The Bertz CT molecular complexity index is 768. The highest BCUT2D eigenvalue weighted by Crippen LogP contribution is 2.38. The van der Waals surface area contributed by atoms with E-state index < -0.39 is 5.60 Å². The molecular weight excluding hydrogens is 336 g/mol. The first kappa shape index (κ1) is 16.4. The topological polar surface area (TPSA) is 82.1 Å². The fourth-order valence-electron chi connectivity index (χ4n) is 3.39. The predicted octanol–water partition coefficient (Wildman–Crippen LogP) is 2.02. The zero-order chi connectivity index (χ0) is 17.3. The van der Waals surface area contributed by atoms with E-state index in [0.29, 0.717) is 31.6 Å². The molecular formula is C18H20N4O2S. The Labute approximate surface area is 150 Å². The number of pyridine rings is 1. The highest BCUT2D eigenvalue weighted by atomic mass is 32.2. The number of likely N-dealkylation sites (tertiary alicyclic amines) is 1. The number of piperidine rings is 1. The Morgan fingerprint density at radius 3 is 2.88 bits per heavy atom. The average Bonchev–Trinajstić information content (AvgIpc) is 3.34. The van der Waals surface area contributed by atoms with Crippen LogP contribution in [0.3, 0.4) is 0 Å². The number of nitrogens with one attached hydrogen (secondary N) is 1. The first-order valence-electron chi connectivity index (χ1n) is 8.42. The third-order valence-electron chi connectivity index (χ3n) is 4.91. The Morgan fingerprint density at radius 1 is 1.36 bits per heavy atom. The van der Waals surface area contributed by atoms with Crippen molar-refractivity contribution in [1.82, 2.24) is 20.1 Å². The van der Waals surface area contributed by atoms with Crippen molar-refractivity contribution in [3.8, 4) is 0 Å². The first-order chi connectivity index (χ1) is 12.2. The normalized spacial score (nSPS) is 22.7. The van der Waals surface area contributed by atoms with Gasteiger partial charge in [-0.05, 0) is 25.0 Å². The Morgan fingerprint density at radius 2 is 2.20 bits per heavy atom. The number of aromatic amines is 1. The lowest BCUT2D eigenvalue weighted by atomic mass is 9.87. The van der Waals surface area contributed by atoms with Crippen molar-refractivity contribution < 1.29 is 9.90 Å². The summed E-state index contributed by atoms with van der Waals surface area (Å²) in [7, 11) is 0. The van der Waals surface area contributed by atoms with Crippen LogP contribution < -0.4 is 0 Å². The SMILES string of the molecule is O=C(C1C=C(c2cn[nH]c2)SC1)N1CCC(O)(c2ccccn2)CC1. The summed E-state index contributed by atoms with van der Waals surface area (Å²) in [5, 5.41) is 17.6. The molecule has 4 rings (SSSR count). The molecule has 2 aromatic rings. The van der Waals surface area contributed by atoms with Gasteiger partial charge in [-0.1, -0.05) is 12.1 Å². The molecule has 0 radical (unpaired) electrons. The fourth-order valence-corrected chi connectivity index (χ4v) is 4.53. The van der Waals surface area contributed by atoms with Crippen LogP contribution in [-0.4, -0.2) is 49.9 Å². The minimum atomic E-state index is -0.930. The molecule has 0 saturated carbocycles. The second-order valence-electron chi connectivity index (χ2n) is 6.51. The second kappa shape index (κ2) is 6.65. The first-order valence-corrected chi connectivity index (χ1v) is 9.41. The fraction of sp³-hybridized carbons (Fsp3) is 0.389. The molecule has 1 saturated heterocycles. The van der Waals surface area contributed by atoms with Crippen molar-refractivity contribution >= 4 is 22.6 Å². The van der Waals surface area contributed by atoms with Crippen LogP contribution in [0.15, 0.2) is 42.9 Å². The number of H-pyrrole nitrogens is 1. The van der Waals surface area contributed by atoms with Crippen LogP contribution in [0.2, 0.25) is 0 Å². The van der Waals surface area contributed by atoms with E-state index in [1.165, 1.54) is 0 Å². The lowest BCUT2D eigenvalue weighted by Gasteiger charge is -2.38. The van der Waals surface area contributed by atoms with Gasteiger partial charge in [0.2, 0.25) is 5.91 Å². The number of carbonyl (C=O) groups excluding carboxylic acids is 1. The van der Waals surface area contributed by atoms with Gasteiger partial charge in [0.25, 0.3) is 0 Å². The quantitative estimate of drug-likeness (QED) is 0.879. The second-order valence-corrected chi connectivity index (χ2v) is 7.57. The van der Waals surface area contributed by atoms with Gasteiger partial charge in [0.05, 0.1) is 17.8 Å². The van der Waals surface area contributed by atoms with Gasteiger partial charge in [0, 0.05) is 41.7 Å². The third-order valence-corrected chi connectivity index (χ3v) is 6.12. The number of rotatable bonds is 3. The molecule has 0 aliphatic carbocycles. The molecule has 25 heavy (non-hydrogen) atoms. The summed E-state index contributed by atoms with van der Waals surface area (Å²) < 4.78 is 0. The van der Waals surface area contributed by atoms with E-state index in [9.17, 15) is 9.90 Å². The van der Waals surface area contributed by atoms with Crippen LogP contribution in [0.25, 0.3) is 4.91 Å². The summed E-state index contributed by atoms with van der Waals surface area (Å²) in [6, 6.07) is 5.58. The molecule has 130 valence electrons. The molecule has 7 heteroatoms. The molecule has 4 heterocycles. The Balaban J connectivity index is 1.40. The van der Waals surface area contributed by atoms with Crippen LogP contribution in [-0.2, 0) is 10.4 Å². The standard InChI is InChI=1S/C18H20N4O2S/c23-17(13-9-15(25-12-13)14-10-20-21-11-14)22-7-4-18(24,5-8-22)16-3-1-2-6-19-16/h1-3,6,9-11,13,24H,4-5,7-8,12H2,(H,20,21). The lowest BCUT2D eigenvalue weighted by molar-refractivity contribution is -0.138. The van der Waals surface area contributed by atoms with E-state index in [0.717, 1.165) is 16.2 Å². The van der Waals surface area contributed by atoms with E-state index in [1.54, 1.807) is 24.2 Å². The molecule has 2 aliphatic heterocycles. The number of nitrogens with zero attached hydrogens (tertiary/aromatic N) is 3. The zero-order valence-corrected chi connectivity index (χ0v) is 14.6. The van der Waals surface area contributed by atoms with Crippen molar-refractivity contribution in [2.45, 2.75) is 18.4 Å². The van der Waals surface area contributed by atoms with Gasteiger partial charge in [-0.15, -0.1) is 11.8 Å². The molecule has 2 aliphatic rings. The van der Waals surface area contributed by atoms with Crippen LogP contribution in [0.1, 0.15) is 24.1 Å². The number of hydrogen-bond acceptors (Lipinski definition) is 5. The van der Waals surface area contributed by atoms with Gasteiger partial charge < -0.3 is 10.0 Å². The van der Waals surface area contributed by atoms with Crippen molar-refractivity contribution in [3.63, 3.8) is 0 Å². The molecule has 1 unspecified atom stereocenters. The van der Waals surface area contributed by atoms with Crippen LogP contribution in [0.5, 0.6) is 0 Å². The van der Waals surface area contributed by atoms with Gasteiger partial charge in [0.15, 0.2) is 0 Å². The van der Waals surface area contributed by atoms with E-state index in [1.807, 2.05) is 35.4 Å². The van der Waals surface area contributed by atoms with Crippen molar-refractivity contribution in [1.29, 1.82) is 0 Å². The molecule has 0 spiro atoms. The average molecular weight is 356 g/mol. The van der Waals surface area contributed by atoms with Crippen LogP contribution in [0, 0.1) is 5.92 Å². The van der Waals surface area contributed by atoms with Crippen molar-refractivity contribution in [2.75, 3.05) is 18.8 Å². The van der Waals surface area contributed by atoms with Crippen molar-refractivity contribution in [2.24, 2.45) is 5.92 Å². The largest absolute Gasteiger partial charge is 0.383 e. The summed E-state index contributed by atoms with van der Waals surface area (Å²) in [6.07, 6.45) is 8.40. The molecule has 1 fully saturated rings. The molecule has 2 N–H and O–H groups in total. The maximum Gasteiger partial charge on any atom is 0.230 e. The highest BCUT2D eigenvalue weighted by molar-refractivity contribution is 8.08. The summed E-state index contributed by atoms with van der Waals surface area (Å²) in [5.74, 6) is 0.811. The molecule has 1 atom stereocenters. The number of carbonyl (C=O) groups is 1. The maximum absolute atomic E-state index is 12.8. The Hall–Kier alpha value is -2.12. The van der Waals surface area contributed by atoms with E-state index >= 15 is 0 Å². The number of aliphatic hydroxyl groups is 1. The minimum absolute atomic E-state index is 0.101. The summed E-state index contributed by atoms with van der Waals surface area (Å²) in [6.45, 7) is 1.11. The number of aromatic nitrogens is 3. The lowest BCUT2D eigenvalue weighted by Crippen LogP contribution is -2.47. The molecule has 0 bridgehead atoms. The molecule has 2 aromatic heterocycles. The third kappa shape index (κ3) is 3.21. The maximum atomic E-state index is 12.8.